The van der Waals surface area contributed by atoms with Gasteiger partial charge in [0.25, 0.3) is 11.7 Å². The smallest absolute Gasteiger partial charge is 0.295 e. The third-order valence-electron chi connectivity index (χ3n) is 6.40. The maximum absolute atomic E-state index is 13.2. The summed E-state index contributed by atoms with van der Waals surface area (Å²) in [6, 6.07) is 13.6. The first kappa shape index (κ1) is 26.3. The number of rotatable bonds is 12. The molecule has 188 valence electrons. The van der Waals surface area contributed by atoms with Gasteiger partial charge >= 0.3 is 0 Å². The maximum Gasteiger partial charge on any atom is 0.295 e. The van der Waals surface area contributed by atoms with Gasteiger partial charge in [-0.15, -0.1) is 0 Å². The lowest BCUT2D eigenvalue weighted by Crippen LogP contribution is -2.38. The number of carbonyl (C=O) groups excluding carboxylic acids is 2. The van der Waals surface area contributed by atoms with Crippen molar-refractivity contribution in [2.45, 2.75) is 39.7 Å². The zero-order valence-electron chi connectivity index (χ0n) is 21.1. The SMILES string of the molecule is CCCCOc1cccc(C(O)=C2C(=O)C(=O)N(CCN(CC)CC)C2c2ccc(OC)cc2)c1. The van der Waals surface area contributed by atoms with Crippen molar-refractivity contribution in [3.05, 3.63) is 65.2 Å². The number of likely N-dealkylation sites (tertiary alicyclic amines) is 1. The number of nitrogens with zero attached hydrogens (tertiary/aromatic N) is 2. The van der Waals surface area contributed by atoms with Crippen LogP contribution in [-0.4, -0.2) is 66.5 Å². The zero-order valence-corrected chi connectivity index (χ0v) is 21.1. The summed E-state index contributed by atoms with van der Waals surface area (Å²) in [5, 5.41) is 11.3. The summed E-state index contributed by atoms with van der Waals surface area (Å²) in [5.41, 5.74) is 1.27. The Morgan fingerprint density at radius 1 is 1.03 bits per heavy atom. The highest BCUT2D eigenvalue weighted by atomic mass is 16.5. The molecule has 35 heavy (non-hydrogen) atoms. The van der Waals surface area contributed by atoms with Gasteiger partial charge in [-0.05, 0) is 49.3 Å². The topological polar surface area (TPSA) is 79.3 Å². The molecule has 2 aromatic carbocycles. The van der Waals surface area contributed by atoms with E-state index in [-0.39, 0.29) is 11.3 Å². The number of hydrogen-bond acceptors (Lipinski definition) is 6. The standard InChI is InChI=1S/C28H36N2O5/c1-5-8-18-35-23-11-9-10-21(19-23)26(31)24-25(20-12-14-22(34-4)15-13-20)30(28(33)27(24)32)17-16-29(6-2)7-3/h9-15,19,25,31H,5-8,16-18H2,1-4H3. The number of aliphatic hydroxyl groups is 1. The average molecular weight is 481 g/mol. The molecule has 7 nitrogen and oxygen atoms in total. The third kappa shape index (κ3) is 6.03. The minimum Gasteiger partial charge on any atom is -0.507 e. The van der Waals surface area contributed by atoms with Crippen LogP contribution in [0, 0.1) is 0 Å². The Morgan fingerprint density at radius 2 is 1.74 bits per heavy atom. The number of likely N-dealkylation sites (N-methyl/N-ethyl adjacent to an activating group) is 1. The van der Waals surface area contributed by atoms with E-state index in [2.05, 4.69) is 25.7 Å². The van der Waals surface area contributed by atoms with Crippen LogP contribution in [-0.2, 0) is 9.59 Å². The molecular formula is C28H36N2O5. The van der Waals surface area contributed by atoms with E-state index in [1.165, 1.54) is 0 Å². The molecule has 1 aliphatic heterocycles. The number of carbonyl (C=O) groups is 2. The molecule has 7 heteroatoms. The molecule has 0 saturated carbocycles. The van der Waals surface area contributed by atoms with Crippen molar-refractivity contribution in [2.24, 2.45) is 0 Å². The van der Waals surface area contributed by atoms with E-state index in [9.17, 15) is 14.7 Å². The van der Waals surface area contributed by atoms with Crippen molar-refractivity contribution in [1.82, 2.24) is 9.80 Å². The van der Waals surface area contributed by atoms with Gasteiger partial charge in [0.15, 0.2) is 0 Å². The molecule has 1 heterocycles. The van der Waals surface area contributed by atoms with E-state index in [1.54, 1.807) is 42.3 Å². The van der Waals surface area contributed by atoms with Gasteiger partial charge in [0.1, 0.15) is 17.3 Å². The number of hydrogen-bond donors (Lipinski definition) is 1. The number of Topliss-reactive ketones (excluding diaryl/α,β-unsaturated/α-hetero) is 1. The molecule has 1 aliphatic rings. The van der Waals surface area contributed by atoms with Crippen LogP contribution in [0.2, 0.25) is 0 Å². The van der Waals surface area contributed by atoms with Gasteiger partial charge in [-0.2, -0.15) is 0 Å². The van der Waals surface area contributed by atoms with Gasteiger partial charge < -0.3 is 24.4 Å². The molecule has 1 atom stereocenters. The minimum absolute atomic E-state index is 0.0884. The van der Waals surface area contributed by atoms with E-state index in [1.807, 2.05) is 18.2 Å². The van der Waals surface area contributed by atoms with Crippen LogP contribution >= 0.6 is 0 Å². The van der Waals surface area contributed by atoms with Crippen molar-refractivity contribution < 1.29 is 24.2 Å². The highest BCUT2D eigenvalue weighted by Gasteiger charge is 2.46. The third-order valence-corrected chi connectivity index (χ3v) is 6.40. The lowest BCUT2D eigenvalue weighted by Gasteiger charge is -2.28. The Bertz CT molecular complexity index is 1040. The fraction of sp³-hybridized carbons (Fsp3) is 0.429. The van der Waals surface area contributed by atoms with Crippen molar-refractivity contribution in [2.75, 3.05) is 39.9 Å². The second-order valence-corrected chi connectivity index (χ2v) is 8.52. The summed E-state index contributed by atoms with van der Waals surface area (Å²) < 4.78 is 11.1. The van der Waals surface area contributed by atoms with Crippen molar-refractivity contribution in [1.29, 1.82) is 0 Å². The summed E-state index contributed by atoms with van der Waals surface area (Å²) in [6.07, 6.45) is 1.93. The summed E-state index contributed by atoms with van der Waals surface area (Å²) in [5.74, 6) is -0.199. The fourth-order valence-electron chi connectivity index (χ4n) is 4.26. The molecule has 0 spiro atoms. The van der Waals surface area contributed by atoms with E-state index >= 15 is 0 Å². The van der Waals surface area contributed by atoms with Crippen LogP contribution in [0.4, 0.5) is 0 Å². The van der Waals surface area contributed by atoms with Crippen molar-refractivity contribution in [3.63, 3.8) is 0 Å². The summed E-state index contributed by atoms with van der Waals surface area (Å²) in [7, 11) is 1.58. The number of methoxy groups -OCH3 is 1. The Hall–Kier alpha value is -3.32. The fourth-order valence-corrected chi connectivity index (χ4v) is 4.26. The van der Waals surface area contributed by atoms with Gasteiger partial charge in [-0.1, -0.05) is 51.5 Å². The first-order valence-electron chi connectivity index (χ1n) is 12.3. The lowest BCUT2D eigenvalue weighted by molar-refractivity contribution is -0.140. The number of amides is 1. The van der Waals surface area contributed by atoms with E-state index < -0.39 is 17.7 Å². The van der Waals surface area contributed by atoms with Crippen LogP contribution in [0.3, 0.4) is 0 Å². The quantitative estimate of drug-likeness (QED) is 0.206. The normalized spacial score (nSPS) is 17.3. The predicted octanol–water partition coefficient (Wildman–Crippen LogP) is 4.64. The highest BCUT2D eigenvalue weighted by molar-refractivity contribution is 6.46. The van der Waals surface area contributed by atoms with E-state index in [4.69, 9.17) is 9.47 Å². The second kappa shape index (κ2) is 12.4. The molecule has 0 aromatic heterocycles. The first-order valence-corrected chi connectivity index (χ1v) is 12.3. The summed E-state index contributed by atoms with van der Waals surface area (Å²) in [6.45, 7) is 9.49. The second-order valence-electron chi connectivity index (χ2n) is 8.52. The Labute approximate surface area is 207 Å². The Kier molecular flexibility index (Phi) is 9.32. The van der Waals surface area contributed by atoms with Crippen LogP contribution in [0.5, 0.6) is 11.5 Å². The van der Waals surface area contributed by atoms with Gasteiger partial charge in [-0.3, -0.25) is 9.59 Å². The predicted molar refractivity (Wildman–Crippen MR) is 137 cm³/mol. The number of ketones is 1. The molecule has 0 aliphatic carbocycles. The van der Waals surface area contributed by atoms with Gasteiger partial charge in [-0.25, -0.2) is 0 Å². The van der Waals surface area contributed by atoms with E-state index in [0.29, 0.717) is 36.8 Å². The Morgan fingerprint density at radius 3 is 2.37 bits per heavy atom. The highest BCUT2D eigenvalue weighted by Crippen LogP contribution is 2.40. The lowest BCUT2D eigenvalue weighted by atomic mass is 9.95. The van der Waals surface area contributed by atoms with Crippen molar-refractivity contribution in [3.8, 4) is 11.5 Å². The molecular weight excluding hydrogens is 444 g/mol. The van der Waals surface area contributed by atoms with Gasteiger partial charge in [0, 0.05) is 18.7 Å². The molecule has 1 N–H and O–H groups in total. The summed E-state index contributed by atoms with van der Waals surface area (Å²) in [4.78, 5) is 30.2. The van der Waals surface area contributed by atoms with Gasteiger partial charge in [0.2, 0.25) is 0 Å². The molecule has 2 aromatic rings. The van der Waals surface area contributed by atoms with E-state index in [0.717, 1.165) is 31.5 Å². The molecule has 3 rings (SSSR count). The number of unbranched alkanes of at least 4 members (excludes halogenated alkanes) is 1. The monoisotopic (exact) mass is 480 g/mol. The first-order chi connectivity index (χ1) is 16.9. The molecule has 1 saturated heterocycles. The molecule has 1 unspecified atom stereocenters. The molecule has 1 amide bonds. The van der Waals surface area contributed by atoms with Crippen LogP contribution < -0.4 is 9.47 Å². The van der Waals surface area contributed by atoms with Gasteiger partial charge in [0.05, 0.1) is 25.3 Å². The molecule has 0 radical (unpaired) electrons. The molecule has 0 bridgehead atoms. The van der Waals surface area contributed by atoms with Crippen LogP contribution in [0.15, 0.2) is 54.1 Å². The number of benzene rings is 2. The van der Waals surface area contributed by atoms with Crippen LogP contribution in [0.25, 0.3) is 5.76 Å². The Balaban J connectivity index is 2.04. The minimum atomic E-state index is -0.693. The van der Waals surface area contributed by atoms with Crippen molar-refractivity contribution >= 4 is 17.4 Å². The average Bonchev–Trinajstić information content (AvgIpc) is 3.14. The van der Waals surface area contributed by atoms with Crippen LogP contribution in [0.1, 0.15) is 50.8 Å². The largest absolute Gasteiger partial charge is 0.507 e. The summed E-state index contributed by atoms with van der Waals surface area (Å²) >= 11 is 0. The zero-order chi connectivity index (χ0) is 25.4. The molecule has 1 fully saturated rings. The number of aliphatic hydroxyl groups excluding tert-OH is 1. The number of ether oxygens (including phenoxy) is 2. The maximum atomic E-state index is 13.2.